The summed E-state index contributed by atoms with van der Waals surface area (Å²) in [5.74, 6) is 1.20. The van der Waals surface area contributed by atoms with Crippen molar-refractivity contribution in [1.82, 2.24) is 9.97 Å². The first-order chi connectivity index (χ1) is 14.0. The van der Waals surface area contributed by atoms with Gasteiger partial charge < -0.3 is 20.3 Å². The minimum absolute atomic E-state index is 0.0831. The molecule has 2 heterocycles. The maximum absolute atomic E-state index is 12.4. The second-order valence-corrected chi connectivity index (χ2v) is 7.52. The van der Waals surface area contributed by atoms with Crippen LogP contribution in [0.3, 0.4) is 0 Å². The average Bonchev–Trinajstić information content (AvgIpc) is 2.65. The molecule has 7 nitrogen and oxygen atoms in total. The van der Waals surface area contributed by atoms with E-state index in [1.165, 1.54) is 12.1 Å². The number of nitrogens with zero attached hydrogens (tertiary/aromatic N) is 3. The van der Waals surface area contributed by atoms with Gasteiger partial charge in [-0.2, -0.15) is 18.2 Å². The highest BCUT2D eigenvalue weighted by molar-refractivity contribution is 6.03. The van der Waals surface area contributed by atoms with Crippen molar-refractivity contribution in [2.45, 2.75) is 39.5 Å². The molecule has 1 unspecified atom stereocenters. The van der Waals surface area contributed by atoms with Crippen LogP contribution >= 0.6 is 0 Å². The SMILES string of the molecule is Cc1nc(NCc2ccc(OCC(F)(F)F)cc2)nc2c1NC(=O)C(C(C)C)N2C. The molecule has 1 aliphatic rings. The van der Waals surface area contributed by atoms with E-state index in [9.17, 15) is 18.0 Å². The highest BCUT2D eigenvalue weighted by atomic mass is 19.4. The molecule has 30 heavy (non-hydrogen) atoms. The number of hydrogen-bond donors (Lipinski definition) is 2. The van der Waals surface area contributed by atoms with Crippen molar-refractivity contribution >= 4 is 23.4 Å². The number of benzene rings is 1. The van der Waals surface area contributed by atoms with Crippen LogP contribution in [-0.4, -0.2) is 41.7 Å². The molecule has 2 N–H and O–H groups in total. The van der Waals surface area contributed by atoms with E-state index < -0.39 is 12.8 Å². The van der Waals surface area contributed by atoms with Gasteiger partial charge in [-0.1, -0.05) is 26.0 Å². The van der Waals surface area contributed by atoms with Crippen LogP contribution in [0.2, 0.25) is 0 Å². The lowest BCUT2D eigenvalue weighted by Gasteiger charge is -2.36. The zero-order valence-electron chi connectivity index (χ0n) is 17.2. The molecular weight excluding hydrogens is 399 g/mol. The number of nitrogens with one attached hydrogen (secondary N) is 2. The molecule has 0 fully saturated rings. The molecule has 0 saturated carbocycles. The fourth-order valence-corrected chi connectivity index (χ4v) is 3.34. The van der Waals surface area contributed by atoms with E-state index in [2.05, 4.69) is 20.6 Å². The number of amides is 1. The number of likely N-dealkylation sites (N-methyl/N-ethyl adjacent to an activating group) is 1. The van der Waals surface area contributed by atoms with Gasteiger partial charge in [-0.15, -0.1) is 0 Å². The Morgan fingerprint density at radius 1 is 1.23 bits per heavy atom. The van der Waals surface area contributed by atoms with Crippen LogP contribution in [0.15, 0.2) is 24.3 Å². The van der Waals surface area contributed by atoms with Crippen molar-refractivity contribution in [2.24, 2.45) is 5.92 Å². The minimum atomic E-state index is -4.37. The Balaban J connectivity index is 1.70. The fourth-order valence-electron chi connectivity index (χ4n) is 3.34. The Hall–Kier alpha value is -3.04. The molecule has 1 atom stereocenters. The Kier molecular flexibility index (Phi) is 6.04. The lowest BCUT2D eigenvalue weighted by Crippen LogP contribution is -2.49. The number of aryl methyl sites for hydroxylation is 1. The van der Waals surface area contributed by atoms with Crippen LogP contribution in [0.1, 0.15) is 25.1 Å². The molecule has 0 radical (unpaired) electrons. The fraction of sp³-hybridized carbons (Fsp3) is 0.450. The van der Waals surface area contributed by atoms with Crippen molar-refractivity contribution in [3.8, 4) is 5.75 Å². The summed E-state index contributed by atoms with van der Waals surface area (Å²) in [6, 6.07) is 5.98. The van der Waals surface area contributed by atoms with Gasteiger partial charge in [0.05, 0.1) is 5.69 Å². The van der Waals surface area contributed by atoms with Crippen molar-refractivity contribution in [2.75, 3.05) is 29.2 Å². The van der Waals surface area contributed by atoms with Crippen LogP contribution in [0.4, 0.5) is 30.6 Å². The minimum Gasteiger partial charge on any atom is -0.484 e. The Morgan fingerprint density at radius 3 is 2.50 bits per heavy atom. The van der Waals surface area contributed by atoms with Crippen molar-refractivity contribution in [3.63, 3.8) is 0 Å². The smallest absolute Gasteiger partial charge is 0.422 e. The molecule has 0 saturated heterocycles. The summed E-state index contributed by atoms with van der Waals surface area (Å²) in [6.45, 7) is 4.79. The summed E-state index contributed by atoms with van der Waals surface area (Å²) in [4.78, 5) is 23.2. The molecule has 0 bridgehead atoms. The third-order valence-electron chi connectivity index (χ3n) is 4.75. The topological polar surface area (TPSA) is 79.4 Å². The van der Waals surface area contributed by atoms with Gasteiger partial charge in [0.25, 0.3) is 0 Å². The normalized spacial score (nSPS) is 16.3. The molecular formula is C20H24F3N5O2. The predicted octanol–water partition coefficient (Wildman–Crippen LogP) is 3.75. The summed E-state index contributed by atoms with van der Waals surface area (Å²) in [5.41, 5.74) is 2.06. The molecule has 1 amide bonds. The van der Waals surface area contributed by atoms with Crippen LogP contribution in [-0.2, 0) is 11.3 Å². The van der Waals surface area contributed by atoms with Gasteiger partial charge in [-0.05, 0) is 30.5 Å². The standard InChI is InChI=1S/C20H24F3N5O2/c1-11(2)16-18(29)26-15-12(3)25-19(27-17(15)28(16)4)24-9-13-5-7-14(8-6-13)30-10-20(21,22)23/h5-8,11,16H,9-10H2,1-4H3,(H,26,29)(H,24,25,27). The van der Waals surface area contributed by atoms with Crippen LogP contribution in [0, 0.1) is 12.8 Å². The molecule has 3 rings (SSSR count). The van der Waals surface area contributed by atoms with E-state index in [1.54, 1.807) is 19.1 Å². The van der Waals surface area contributed by atoms with E-state index in [1.807, 2.05) is 25.8 Å². The summed E-state index contributed by atoms with van der Waals surface area (Å²) in [6.07, 6.45) is -4.37. The van der Waals surface area contributed by atoms with Gasteiger partial charge in [0, 0.05) is 13.6 Å². The van der Waals surface area contributed by atoms with E-state index in [4.69, 9.17) is 4.74 Å². The lowest BCUT2D eigenvalue weighted by molar-refractivity contribution is -0.153. The number of carbonyl (C=O) groups excluding carboxylic acids is 1. The molecule has 10 heteroatoms. The zero-order valence-corrected chi connectivity index (χ0v) is 17.2. The monoisotopic (exact) mass is 423 g/mol. The summed E-state index contributed by atoms with van der Waals surface area (Å²) < 4.78 is 41.4. The van der Waals surface area contributed by atoms with E-state index >= 15 is 0 Å². The predicted molar refractivity (Wildman–Crippen MR) is 108 cm³/mol. The summed E-state index contributed by atoms with van der Waals surface area (Å²) in [5, 5.41) is 6.01. The number of ether oxygens (including phenoxy) is 1. The van der Waals surface area contributed by atoms with Gasteiger partial charge in [0.15, 0.2) is 12.4 Å². The Bertz CT molecular complexity index is 916. The Morgan fingerprint density at radius 2 is 1.90 bits per heavy atom. The van der Waals surface area contributed by atoms with Gasteiger partial charge in [-0.3, -0.25) is 4.79 Å². The number of anilines is 3. The summed E-state index contributed by atoms with van der Waals surface area (Å²) >= 11 is 0. The molecule has 1 aromatic carbocycles. The number of carbonyl (C=O) groups is 1. The van der Waals surface area contributed by atoms with Crippen molar-refractivity contribution < 1.29 is 22.7 Å². The molecule has 0 aliphatic carbocycles. The second kappa shape index (κ2) is 8.37. The van der Waals surface area contributed by atoms with Crippen LogP contribution in [0.5, 0.6) is 5.75 Å². The number of alkyl halides is 3. The number of fused-ring (bicyclic) bond motifs is 1. The number of rotatable bonds is 6. The van der Waals surface area contributed by atoms with E-state index in [0.29, 0.717) is 29.7 Å². The van der Waals surface area contributed by atoms with Crippen molar-refractivity contribution in [3.05, 3.63) is 35.5 Å². The van der Waals surface area contributed by atoms with Crippen LogP contribution < -0.4 is 20.3 Å². The number of hydrogen-bond acceptors (Lipinski definition) is 6. The highest BCUT2D eigenvalue weighted by Crippen LogP contribution is 2.34. The van der Waals surface area contributed by atoms with E-state index in [-0.39, 0.29) is 23.6 Å². The lowest BCUT2D eigenvalue weighted by atomic mass is 9.99. The maximum atomic E-state index is 12.4. The maximum Gasteiger partial charge on any atom is 0.422 e. The largest absolute Gasteiger partial charge is 0.484 e. The zero-order chi connectivity index (χ0) is 22.1. The number of aromatic nitrogens is 2. The average molecular weight is 423 g/mol. The summed E-state index contributed by atoms with van der Waals surface area (Å²) in [7, 11) is 1.83. The third-order valence-corrected chi connectivity index (χ3v) is 4.75. The number of halogens is 3. The van der Waals surface area contributed by atoms with Crippen molar-refractivity contribution in [1.29, 1.82) is 0 Å². The third kappa shape index (κ3) is 4.92. The van der Waals surface area contributed by atoms with E-state index in [0.717, 1.165) is 5.56 Å². The molecule has 0 spiro atoms. The quantitative estimate of drug-likeness (QED) is 0.737. The van der Waals surface area contributed by atoms with Gasteiger partial charge in [0.1, 0.15) is 17.5 Å². The first-order valence-electron chi connectivity index (χ1n) is 9.50. The highest BCUT2D eigenvalue weighted by Gasteiger charge is 2.35. The molecule has 2 aromatic rings. The molecule has 1 aliphatic heterocycles. The Labute approximate surface area is 172 Å². The van der Waals surface area contributed by atoms with Crippen LogP contribution in [0.25, 0.3) is 0 Å². The van der Waals surface area contributed by atoms with Gasteiger partial charge in [0.2, 0.25) is 11.9 Å². The molecule has 1 aromatic heterocycles. The molecule has 162 valence electrons. The first-order valence-corrected chi connectivity index (χ1v) is 9.50. The first kappa shape index (κ1) is 21.7. The van der Waals surface area contributed by atoms with Gasteiger partial charge in [-0.25, -0.2) is 4.98 Å². The second-order valence-electron chi connectivity index (χ2n) is 7.52. The van der Waals surface area contributed by atoms with Gasteiger partial charge >= 0.3 is 6.18 Å².